The van der Waals surface area contributed by atoms with Crippen LogP contribution in [0.25, 0.3) is 4.96 Å². The molecule has 0 radical (unpaired) electrons. The predicted molar refractivity (Wildman–Crippen MR) is 248 cm³/mol. The highest BCUT2D eigenvalue weighted by Gasteiger charge is 2.22. The lowest BCUT2D eigenvalue weighted by Gasteiger charge is -2.31. The van der Waals surface area contributed by atoms with Crippen molar-refractivity contribution in [2.75, 3.05) is 55.8 Å². The third kappa shape index (κ3) is 16.5. The van der Waals surface area contributed by atoms with Crippen molar-refractivity contribution in [3.8, 4) is 0 Å². The molecule has 12 N–H and O–H groups in total. The number of hydrogen-bond donors (Lipinski definition) is 9. The Bertz CT molecular complexity index is 2400. The van der Waals surface area contributed by atoms with Crippen molar-refractivity contribution >= 4 is 69.3 Å². The fourth-order valence-corrected chi connectivity index (χ4v) is 7.04. The second kappa shape index (κ2) is 25.6. The molecule has 8 amide bonds. The van der Waals surface area contributed by atoms with E-state index in [4.69, 9.17) is 22.0 Å². The van der Waals surface area contributed by atoms with Crippen LogP contribution in [0, 0.1) is 0 Å². The third-order valence-corrected chi connectivity index (χ3v) is 10.9. The molecule has 0 bridgehead atoms. The summed E-state index contributed by atoms with van der Waals surface area (Å²) in [5.74, 6) is 0.974. The molecular formula is C42H56N16O7S. The van der Waals surface area contributed by atoms with E-state index >= 15 is 0 Å². The molecule has 5 aromatic heterocycles. The smallest absolute Gasteiger partial charge is 0.319 e. The Kier molecular flexibility index (Phi) is 19.2. The highest BCUT2D eigenvalue weighted by Crippen LogP contribution is 2.21. The molecule has 1 saturated carbocycles. The highest BCUT2D eigenvalue weighted by atomic mass is 32.1. The van der Waals surface area contributed by atoms with Gasteiger partial charge in [0.2, 0.25) is 5.91 Å². The van der Waals surface area contributed by atoms with E-state index in [9.17, 15) is 28.8 Å². The van der Waals surface area contributed by atoms with E-state index in [1.807, 2.05) is 7.05 Å². The van der Waals surface area contributed by atoms with Crippen LogP contribution in [0.5, 0.6) is 0 Å². The number of nitrogens with zero attached hydrogens (tertiary/aromatic N) is 7. The van der Waals surface area contributed by atoms with E-state index in [0.717, 1.165) is 42.4 Å². The maximum Gasteiger partial charge on any atom is 0.319 e. The quantitative estimate of drug-likeness (QED) is 0.0868. The molecule has 2 fully saturated rings. The molecule has 5 aromatic rings. The van der Waals surface area contributed by atoms with E-state index in [-0.39, 0.29) is 48.7 Å². The van der Waals surface area contributed by atoms with Crippen molar-refractivity contribution in [1.82, 2.24) is 60.9 Å². The van der Waals surface area contributed by atoms with E-state index in [2.05, 4.69) is 51.8 Å². The van der Waals surface area contributed by atoms with Crippen molar-refractivity contribution in [2.24, 2.45) is 0 Å². The van der Waals surface area contributed by atoms with Crippen LogP contribution >= 0.6 is 11.3 Å². The SMILES string of the molecule is CN(C(=O)CNC(=O)NCc1ccc(N)nc1)C1CCCCC1.Nc1ccc(CNC(=O)NCC(=O)N2CCCCO2)cn1.Nc1ccc(CNC(=O)Nc2cnc3sccn3c2=O)cn1. The van der Waals surface area contributed by atoms with Gasteiger partial charge >= 0.3 is 18.1 Å². The van der Waals surface area contributed by atoms with Gasteiger partial charge in [0.1, 0.15) is 29.7 Å². The molecule has 23 nitrogen and oxygen atoms in total. The molecule has 1 saturated heterocycles. The molecule has 1 aliphatic carbocycles. The zero-order valence-electron chi connectivity index (χ0n) is 36.5. The van der Waals surface area contributed by atoms with Crippen LogP contribution in [-0.2, 0) is 34.1 Å². The Morgan fingerprint density at radius 1 is 0.697 bits per heavy atom. The van der Waals surface area contributed by atoms with Gasteiger partial charge in [-0.3, -0.25) is 23.6 Å². The second-order valence-corrected chi connectivity index (χ2v) is 15.9. The summed E-state index contributed by atoms with van der Waals surface area (Å²) in [6, 6.07) is 9.34. The second-order valence-electron chi connectivity index (χ2n) is 15.0. The first-order valence-electron chi connectivity index (χ1n) is 21.2. The molecular weight excluding hydrogens is 873 g/mol. The number of urea groups is 3. The number of amides is 8. The van der Waals surface area contributed by atoms with Gasteiger partial charge in [0.25, 0.3) is 11.5 Å². The maximum atomic E-state index is 12.1. The van der Waals surface area contributed by atoms with Crippen LogP contribution in [0.2, 0.25) is 0 Å². The number of aromatic nitrogens is 5. The lowest BCUT2D eigenvalue weighted by molar-refractivity contribution is -0.195. The number of anilines is 4. The number of carbonyl (C=O) groups is 5. The number of fused-ring (bicyclic) bond motifs is 1. The average Bonchev–Trinajstić information content (AvgIpc) is 3.83. The van der Waals surface area contributed by atoms with Crippen molar-refractivity contribution in [3.05, 3.63) is 99.8 Å². The van der Waals surface area contributed by atoms with Gasteiger partial charge in [-0.15, -0.1) is 11.3 Å². The van der Waals surface area contributed by atoms with Crippen molar-refractivity contribution in [3.63, 3.8) is 0 Å². The van der Waals surface area contributed by atoms with Gasteiger partial charge in [0.15, 0.2) is 4.96 Å². The van der Waals surface area contributed by atoms with Gasteiger partial charge in [-0.25, -0.2) is 39.4 Å². The summed E-state index contributed by atoms with van der Waals surface area (Å²) in [7, 11) is 1.82. The summed E-state index contributed by atoms with van der Waals surface area (Å²) in [4.78, 5) is 94.6. The number of nitrogens with one attached hydrogen (secondary N) is 6. The molecule has 6 heterocycles. The van der Waals surface area contributed by atoms with Crippen molar-refractivity contribution < 1.29 is 28.8 Å². The first-order valence-corrected chi connectivity index (χ1v) is 22.1. The Balaban J connectivity index is 0.000000186. The van der Waals surface area contributed by atoms with Crippen LogP contribution < -0.4 is 54.7 Å². The zero-order chi connectivity index (χ0) is 47.3. The molecule has 0 aromatic carbocycles. The largest absolute Gasteiger partial charge is 0.384 e. The normalized spacial score (nSPS) is 13.4. The van der Waals surface area contributed by atoms with Crippen molar-refractivity contribution in [2.45, 2.75) is 70.6 Å². The molecule has 1 aliphatic heterocycles. The number of nitrogen functional groups attached to an aromatic ring is 3. The number of carbonyl (C=O) groups excluding carboxylic acids is 5. The van der Waals surface area contributed by atoms with Crippen LogP contribution in [-0.4, -0.2) is 104 Å². The Labute approximate surface area is 384 Å². The van der Waals surface area contributed by atoms with Crippen LogP contribution in [0.4, 0.5) is 37.5 Å². The number of nitrogens with two attached hydrogens (primary N) is 3. The standard InChI is InChI=1S/C16H25N5O2.C13H12N6O2S.C13H19N5O3/c1-21(13-5-3-2-4-6-13)15(22)11-20-16(23)19-10-12-7-8-14(17)18-9-12;14-10-2-1-8(5-15-10)6-16-12(21)18-9-7-17-13-19(11(9)20)3-4-22-13;14-11-4-3-10(7-15-11)8-16-13(20)17-9-12(19)18-5-1-2-6-21-18/h7-9,13H,2-6,10-11H2,1H3,(H2,17,18)(H2,19,20,23);1-5,7H,6H2,(H2,14,15)(H2,16,18,21);3-4,7H,1-2,5-6,8-9H2,(H2,14,15)(H2,16,17,20). The summed E-state index contributed by atoms with van der Waals surface area (Å²) >= 11 is 1.34. The van der Waals surface area contributed by atoms with Crippen LogP contribution in [0.1, 0.15) is 61.6 Å². The molecule has 2 aliphatic rings. The van der Waals surface area contributed by atoms with E-state index < -0.39 is 12.1 Å². The average molecular weight is 929 g/mol. The number of thiazole rings is 1. The molecule has 0 atom stereocenters. The summed E-state index contributed by atoms with van der Waals surface area (Å²) in [6.07, 6.45) is 15.3. The first kappa shape index (κ1) is 49.4. The van der Waals surface area contributed by atoms with Gasteiger partial charge in [0.05, 0.1) is 19.3 Å². The lowest BCUT2D eigenvalue weighted by atomic mass is 9.94. The minimum absolute atomic E-state index is 0.0127. The fourth-order valence-electron chi connectivity index (χ4n) is 6.36. The molecule has 24 heteroatoms. The maximum absolute atomic E-state index is 12.1. The lowest BCUT2D eigenvalue weighted by Crippen LogP contribution is -2.46. The van der Waals surface area contributed by atoms with Gasteiger partial charge in [-0.05, 0) is 60.6 Å². The number of hydroxylamine groups is 2. The highest BCUT2D eigenvalue weighted by molar-refractivity contribution is 7.15. The number of likely N-dealkylation sites (N-methyl/N-ethyl adjacent to an activating group) is 1. The summed E-state index contributed by atoms with van der Waals surface area (Å²) in [5.41, 5.74) is 18.7. The minimum atomic E-state index is -0.495. The summed E-state index contributed by atoms with van der Waals surface area (Å²) in [6.45, 7) is 1.96. The van der Waals surface area contributed by atoms with Gasteiger partial charge < -0.3 is 54.0 Å². The summed E-state index contributed by atoms with van der Waals surface area (Å²) < 4.78 is 1.38. The number of pyridine rings is 3. The molecule has 66 heavy (non-hydrogen) atoms. The van der Waals surface area contributed by atoms with E-state index in [1.54, 1.807) is 71.5 Å². The Hall–Kier alpha value is -7.60. The van der Waals surface area contributed by atoms with E-state index in [0.29, 0.717) is 54.7 Å². The molecule has 0 spiro atoms. The predicted octanol–water partition coefficient (Wildman–Crippen LogP) is 2.33. The Morgan fingerprint density at radius 2 is 1.24 bits per heavy atom. The topological polar surface area (TPSA) is 324 Å². The fraction of sp³-hybridized carbons (Fsp3) is 0.381. The molecule has 0 unspecified atom stereocenters. The zero-order valence-corrected chi connectivity index (χ0v) is 37.4. The van der Waals surface area contributed by atoms with Gasteiger partial charge in [-0.1, -0.05) is 37.5 Å². The first-order chi connectivity index (χ1) is 31.8. The minimum Gasteiger partial charge on any atom is -0.384 e. The molecule has 7 rings (SSSR count). The van der Waals surface area contributed by atoms with Crippen LogP contribution in [0.3, 0.4) is 0 Å². The Morgan fingerprint density at radius 3 is 1.76 bits per heavy atom. The number of hydrogen-bond acceptors (Lipinski definition) is 15. The van der Waals surface area contributed by atoms with Crippen molar-refractivity contribution in [1.29, 1.82) is 0 Å². The summed E-state index contributed by atoms with van der Waals surface area (Å²) in [5, 5.41) is 18.6. The van der Waals surface area contributed by atoms with Crippen LogP contribution in [0.15, 0.2) is 77.6 Å². The number of rotatable bonds is 12. The molecule has 352 valence electrons. The van der Waals surface area contributed by atoms with Gasteiger partial charge in [0, 0.05) is 69.4 Å². The van der Waals surface area contributed by atoms with Gasteiger partial charge in [-0.2, -0.15) is 0 Å². The monoisotopic (exact) mass is 928 g/mol. The third-order valence-electron chi connectivity index (χ3n) is 10.1. The van der Waals surface area contributed by atoms with E-state index in [1.165, 1.54) is 46.3 Å².